The first-order valence-corrected chi connectivity index (χ1v) is 7.17. The number of hydrogen-bond donors (Lipinski definition) is 2. The summed E-state index contributed by atoms with van der Waals surface area (Å²) in [6.07, 6.45) is 6.80. The Balaban J connectivity index is 1.65. The third-order valence-corrected chi connectivity index (χ3v) is 3.73. The van der Waals surface area contributed by atoms with Crippen LogP contribution in [-0.4, -0.2) is 5.91 Å². The van der Waals surface area contributed by atoms with E-state index in [1.54, 1.807) is 12.2 Å². The van der Waals surface area contributed by atoms with E-state index in [2.05, 4.69) is 17.4 Å². The second-order valence-corrected chi connectivity index (χ2v) is 5.33. The Morgan fingerprint density at radius 2 is 1.81 bits per heavy atom. The molecule has 0 aromatic heterocycles. The molecule has 0 saturated heterocycles. The van der Waals surface area contributed by atoms with Crippen LogP contribution in [-0.2, 0) is 17.6 Å². The number of nitrogens with one attached hydrogen (secondary N) is 1. The van der Waals surface area contributed by atoms with Gasteiger partial charge in [-0.15, -0.1) is 0 Å². The average molecular weight is 278 g/mol. The number of fused-ring (bicyclic) bond motifs is 1. The van der Waals surface area contributed by atoms with Crippen LogP contribution in [0.4, 0.5) is 11.4 Å². The Morgan fingerprint density at radius 1 is 1.05 bits per heavy atom. The van der Waals surface area contributed by atoms with E-state index in [1.165, 1.54) is 17.5 Å². The Labute approximate surface area is 124 Å². The van der Waals surface area contributed by atoms with Crippen molar-refractivity contribution in [2.75, 3.05) is 11.1 Å². The van der Waals surface area contributed by atoms with Crippen LogP contribution in [0.25, 0.3) is 6.08 Å². The molecule has 1 aliphatic rings. The lowest BCUT2D eigenvalue weighted by atomic mass is 10.1. The maximum Gasteiger partial charge on any atom is 0.248 e. The fourth-order valence-electron chi connectivity index (χ4n) is 2.61. The first-order chi connectivity index (χ1) is 10.2. The van der Waals surface area contributed by atoms with E-state index in [-0.39, 0.29) is 5.91 Å². The Bertz CT molecular complexity index is 687. The van der Waals surface area contributed by atoms with Gasteiger partial charge in [-0.2, -0.15) is 0 Å². The number of carbonyl (C=O) groups excluding carboxylic acids is 1. The summed E-state index contributed by atoms with van der Waals surface area (Å²) in [4.78, 5) is 11.9. The molecule has 1 aliphatic carbocycles. The van der Waals surface area contributed by atoms with Crippen molar-refractivity contribution in [3.05, 3.63) is 65.2 Å². The van der Waals surface area contributed by atoms with Gasteiger partial charge < -0.3 is 11.1 Å². The van der Waals surface area contributed by atoms with Gasteiger partial charge in [0.15, 0.2) is 0 Å². The molecule has 3 N–H and O–H groups in total. The van der Waals surface area contributed by atoms with Crippen molar-refractivity contribution >= 4 is 23.4 Å². The minimum Gasteiger partial charge on any atom is -0.399 e. The van der Waals surface area contributed by atoms with Crippen molar-refractivity contribution in [3.63, 3.8) is 0 Å². The molecule has 0 unspecified atom stereocenters. The number of aryl methyl sites for hydroxylation is 2. The second kappa shape index (κ2) is 5.83. The van der Waals surface area contributed by atoms with Crippen molar-refractivity contribution in [2.24, 2.45) is 0 Å². The van der Waals surface area contributed by atoms with Gasteiger partial charge in [0.25, 0.3) is 0 Å². The molecule has 3 heteroatoms. The number of benzene rings is 2. The molecule has 0 bridgehead atoms. The molecule has 3 nitrogen and oxygen atoms in total. The summed E-state index contributed by atoms with van der Waals surface area (Å²) in [5, 5.41) is 2.90. The van der Waals surface area contributed by atoms with E-state index < -0.39 is 0 Å². The monoisotopic (exact) mass is 278 g/mol. The van der Waals surface area contributed by atoms with Crippen LogP contribution in [0.2, 0.25) is 0 Å². The van der Waals surface area contributed by atoms with Gasteiger partial charge in [-0.05, 0) is 66.3 Å². The molecule has 0 atom stereocenters. The molecule has 21 heavy (non-hydrogen) atoms. The minimum absolute atomic E-state index is 0.121. The molecule has 0 saturated carbocycles. The fraction of sp³-hybridized carbons (Fsp3) is 0.167. The molecule has 3 rings (SSSR count). The van der Waals surface area contributed by atoms with Gasteiger partial charge in [-0.25, -0.2) is 0 Å². The molecule has 2 aromatic rings. The fourth-order valence-corrected chi connectivity index (χ4v) is 2.61. The first kappa shape index (κ1) is 13.4. The third kappa shape index (κ3) is 3.31. The number of anilines is 2. The van der Waals surface area contributed by atoms with Crippen molar-refractivity contribution in [3.8, 4) is 0 Å². The van der Waals surface area contributed by atoms with E-state index in [1.807, 2.05) is 30.3 Å². The van der Waals surface area contributed by atoms with Crippen LogP contribution < -0.4 is 11.1 Å². The van der Waals surface area contributed by atoms with E-state index in [4.69, 9.17) is 5.73 Å². The Morgan fingerprint density at radius 3 is 2.62 bits per heavy atom. The highest BCUT2D eigenvalue weighted by Crippen LogP contribution is 2.24. The summed E-state index contributed by atoms with van der Waals surface area (Å²) in [5.74, 6) is -0.121. The van der Waals surface area contributed by atoms with Crippen LogP contribution in [0.15, 0.2) is 48.5 Å². The summed E-state index contributed by atoms with van der Waals surface area (Å²) < 4.78 is 0. The zero-order chi connectivity index (χ0) is 14.7. The van der Waals surface area contributed by atoms with Gasteiger partial charge in [0.2, 0.25) is 5.91 Å². The topological polar surface area (TPSA) is 55.1 Å². The van der Waals surface area contributed by atoms with Gasteiger partial charge in [-0.1, -0.05) is 18.2 Å². The number of nitrogen functional groups attached to an aromatic ring is 1. The number of hydrogen-bond acceptors (Lipinski definition) is 2. The predicted molar refractivity (Wildman–Crippen MR) is 87.0 cm³/mol. The zero-order valence-corrected chi connectivity index (χ0v) is 11.8. The summed E-state index contributed by atoms with van der Waals surface area (Å²) in [6.45, 7) is 0. The quantitative estimate of drug-likeness (QED) is 0.667. The SMILES string of the molecule is Nc1ccc(/C=C/C(=O)Nc2ccc3c(c2)CCC3)cc1. The van der Waals surface area contributed by atoms with E-state index in [0.29, 0.717) is 0 Å². The normalized spacial score (nSPS) is 13.3. The predicted octanol–water partition coefficient (Wildman–Crippen LogP) is 3.41. The van der Waals surface area contributed by atoms with Crippen LogP contribution in [0.1, 0.15) is 23.1 Å². The minimum atomic E-state index is -0.121. The largest absolute Gasteiger partial charge is 0.399 e. The van der Waals surface area contributed by atoms with E-state index in [0.717, 1.165) is 29.8 Å². The van der Waals surface area contributed by atoms with Gasteiger partial charge in [-0.3, -0.25) is 4.79 Å². The lowest BCUT2D eigenvalue weighted by molar-refractivity contribution is -0.111. The van der Waals surface area contributed by atoms with Crippen molar-refractivity contribution < 1.29 is 4.79 Å². The van der Waals surface area contributed by atoms with E-state index in [9.17, 15) is 4.79 Å². The van der Waals surface area contributed by atoms with E-state index >= 15 is 0 Å². The van der Waals surface area contributed by atoms with Gasteiger partial charge in [0, 0.05) is 17.5 Å². The second-order valence-electron chi connectivity index (χ2n) is 5.33. The number of nitrogens with two attached hydrogens (primary N) is 1. The van der Waals surface area contributed by atoms with Gasteiger partial charge >= 0.3 is 0 Å². The molecule has 0 fully saturated rings. The highest BCUT2D eigenvalue weighted by atomic mass is 16.1. The van der Waals surface area contributed by atoms with Crippen LogP contribution in [0, 0.1) is 0 Å². The molecule has 0 aliphatic heterocycles. The summed E-state index contributed by atoms with van der Waals surface area (Å²) in [5.41, 5.74) is 10.9. The first-order valence-electron chi connectivity index (χ1n) is 7.17. The summed E-state index contributed by atoms with van der Waals surface area (Å²) in [7, 11) is 0. The molecule has 0 heterocycles. The standard InChI is InChI=1S/C18H18N2O/c19-16-8-4-13(5-9-16)6-11-18(21)20-17-10-7-14-2-1-3-15(14)12-17/h4-12H,1-3,19H2,(H,20,21)/b11-6+. The molecule has 2 aromatic carbocycles. The van der Waals surface area contributed by atoms with Crippen molar-refractivity contribution in [1.29, 1.82) is 0 Å². The molecular formula is C18H18N2O. The van der Waals surface area contributed by atoms with Gasteiger partial charge in [0.05, 0.1) is 0 Å². The summed E-state index contributed by atoms with van der Waals surface area (Å²) >= 11 is 0. The summed E-state index contributed by atoms with van der Waals surface area (Å²) in [6, 6.07) is 13.6. The molecule has 106 valence electrons. The molecule has 1 amide bonds. The highest BCUT2D eigenvalue weighted by Gasteiger charge is 2.11. The van der Waals surface area contributed by atoms with Crippen LogP contribution >= 0.6 is 0 Å². The maximum absolute atomic E-state index is 11.9. The van der Waals surface area contributed by atoms with Crippen molar-refractivity contribution in [2.45, 2.75) is 19.3 Å². The average Bonchev–Trinajstić information content (AvgIpc) is 2.94. The zero-order valence-electron chi connectivity index (χ0n) is 11.8. The maximum atomic E-state index is 11.9. The lowest BCUT2D eigenvalue weighted by Crippen LogP contribution is -2.08. The lowest BCUT2D eigenvalue weighted by Gasteiger charge is -2.05. The number of rotatable bonds is 3. The van der Waals surface area contributed by atoms with Crippen molar-refractivity contribution in [1.82, 2.24) is 0 Å². The number of amides is 1. The molecular weight excluding hydrogens is 260 g/mol. The Kier molecular flexibility index (Phi) is 3.73. The third-order valence-electron chi connectivity index (χ3n) is 3.73. The van der Waals surface area contributed by atoms with Crippen LogP contribution in [0.3, 0.4) is 0 Å². The van der Waals surface area contributed by atoms with Gasteiger partial charge in [0.1, 0.15) is 0 Å². The smallest absolute Gasteiger partial charge is 0.248 e. The Hall–Kier alpha value is -2.55. The highest BCUT2D eigenvalue weighted by molar-refractivity contribution is 6.02. The molecule has 0 radical (unpaired) electrons. The van der Waals surface area contributed by atoms with Crippen LogP contribution in [0.5, 0.6) is 0 Å². The molecule has 0 spiro atoms. The number of carbonyl (C=O) groups is 1.